The molecule has 1 saturated carbocycles. The van der Waals surface area contributed by atoms with E-state index in [4.69, 9.17) is 5.73 Å². The lowest BCUT2D eigenvalue weighted by Gasteiger charge is -2.09. The Bertz CT molecular complexity index is 1240. The number of amides is 1. The number of pyridine rings is 1. The summed E-state index contributed by atoms with van der Waals surface area (Å²) in [5.41, 5.74) is 11.6. The van der Waals surface area contributed by atoms with Gasteiger partial charge in [-0.05, 0) is 55.7 Å². The first-order valence-corrected chi connectivity index (χ1v) is 9.15. The van der Waals surface area contributed by atoms with E-state index in [1.807, 2.05) is 18.3 Å². The molecule has 28 heavy (non-hydrogen) atoms. The van der Waals surface area contributed by atoms with E-state index < -0.39 is 5.91 Å². The lowest BCUT2D eigenvalue weighted by molar-refractivity contribution is 0.0995. The van der Waals surface area contributed by atoms with E-state index in [9.17, 15) is 9.18 Å². The number of nitrogens with one attached hydrogen (secondary N) is 1. The summed E-state index contributed by atoms with van der Waals surface area (Å²) >= 11 is 0. The van der Waals surface area contributed by atoms with Gasteiger partial charge in [0.25, 0.3) is 5.91 Å². The van der Waals surface area contributed by atoms with Gasteiger partial charge in [-0.25, -0.2) is 9.37 Å². The molecule has 3 N–H and O–H groups in total. The number of halogens is 1. The van der Waals surface area contributed by atoms with Crippen LogP contribution in [0.25, 0.3) is 28.0 Å². The molecule has 0 radical (unpaired) electrons. The fraction of sp³-hybridized carbons (Fsp3) is 0.190. The first-order valence-electron chi connectivity index (χ1n) is 9.15. The van der Waals surface area contributed by atoms with Crippen LogP contribution in [0.2, 0.25) is 0 Å². The molecular formula is C21H18FN5O. The third-order valence-electron chi connectivity index (χ3n) is 5.26. The fourth-order valence-electron chi connectivity index (χ4n) is 3.63. The molecule has 140 valence electrons. The van der Waals surface area contributed by atoms with E-state index >= 15 is 0 Å². The molecule has 3 aromatic heterocycles. The van der Waals surface area contributed by atoms with Gasteiger partial charge in [0.1, 0.15) is 22.9 Å². The SMILES string of the molecule is Cc1cc(-c2n[nH]c(C3CC3)c2-c2ccc3ncc(C(N)=O)n3c2)ccc1F. The number of primary amides is 1. The summed E-state index contributed by atoms with van der Waals surface area (Å²) in [5.74, 6) is -0.338. The Kier molecular flexibility index (Phi) is 3.58. The molecular weight excluding hydrogens is 357 g/mol. The van der Waals surface area contributed by atoms with Gasteiger partial charge in [-0.2, -0.15) is 5.10 Å². The van der Waals surface area contributed by atoms with Crippen LogP contribution in [0.5, 0.6) is 0 Å². The van der Waals surface area contributed by atoms with Crippen molar-refractivity contribution in [2.45, 2.75) is 25.7 Å². The van der Waals surface area contributed by atoms with Gasteiger partial charge >= 0.3 is 0 Å². The normalized spacial score (nSPS) is 13.9. The molecule has 1 aliphatic rings. The Morgan fingerprint density at radius 3 is 2.75 bits per heavy atom. The summed E-state index contributed by atoms with van der Waals surface area (Å²) in [6.45, 7) is 1.74. The fourth-order valence-corrected chi connectivity index (χ4v) is 3.63. The van der Waals surface area contributed by atoms with Crippen molar-refractivity contribution < 1.29 is 9.18 Å². The van der Waals surface area contributed by atoms with E-state index in [1.165, 1.54) is 12.3 Å². The number of rotatable bonds is 4. The van der Waals surface area contributed by atoms with Crippen molar-refractivity contribution in [2.24, 2.45) is 5.73 Å². The van der Waals surface area contributed by atoms with E-state index in [0.717, 1.165) is 40.9 Å². The maximum atomic E-state index is 13.8. The van der Waals surface area contributed by atoms with Crippen LogP contribution in [0, 0.1) is 12.7 Å². The number of hydrogen-bond donors (Lipinski definition) is 2. The summed E-state index contributed by atoms with van der Waals surface area (Å²) < 4.78 is 15.5. The van der Waals surface area contributed by atoms with Crippen LogP contribution in [0.3, 0.4) is 0 Å². The average Bonchev–Trinajstić information content (AvgIpc) is 3.28. The van der Waals surface area contributed by atoms with Crippen LogP contribution < -0.4 is 5.73 Å². The molecule has 0 spiro atoms. The highest BCUT2D eigenvalue weighted by atomic mass is 19.1. The number of aromatic amines is 1. The van der Waals surface area contributed by atoms with Gasteiger partial charge in [0.15, 0.2) is 0 Å². The zero-order valence-corrected chi connectivity index (χ0v) is 15.2. The summed E-state index contributed by atoms with van der Waals surface area (Å²) in [5, 5.41) is 7.74. The van der Waals surface area contributed by atoms with Crippen LogP contribution in [0.15, 0.2) is 42.7 Å². The van der Waals surface area contributed by atoms with Gasteiger partial charge in [-0.1, -0.05) is 0 Å². The molecule has 1 amide bonds. The maximum Gasteiger partial charge on any atom is 0.267 e. The van der Waals surface area contributed by atoms with Crippen molar-refractivity contribution in [3.63, 3.8) is 0 Å². The number of carbonyl (C=O) groups is 1. The van der Waals surface area contributed by atoms with Crippen LogP contribution in [0.1, 0.15) is 40.5 Å². The molecule has 4 aromatic rings. The van der Waals surface area contributed by atoms with Gasteiger partial charge in [0.05, 0.1) is 6.20 Å². The molecule has 1 aromatic carbocycles. The minimum atomic E-state index is -0.534. The summed E-state index contributed by atoms with van der Waals surface area (Å²) in [6.07, 6.45) is 5.55. The third kappa shape index (κ3) is 2.58. The molecule has 7 heteroatoms. The van der Waals surface area contributed by atoms with Gasteiger partial charge in [0.2, 0.25) is 0 Å². The zero-order valence-electron chi connectivity index (χ0n) is 15.2. The van der Waals surface area contributed by atoms with Gasteiger partial charge in [0, 0.05) is 34.5 Å². The highest BCUT2D eigenvalue weighted by molar-refractivity contribution is 5.92. The zero-order chi connectivity index (χ0) is 19.4. The summed E-state index contributed by atoms with van der Waals surface area (Å²) in [7, 11) is 0. The second-order valence-electron chi connectivity index (χ2n) is 7.25. The van der Waals surface area contributed by atoms with E-state index in [1.54, 1.807) is 23.5 Å². The molecule has 1 aliphatic carbocycles. The van der Waals surface area contributed by atoms with Crippen molar-refractivity contribution in [3.05, 3.63) is 65.5 Å². The number of nitrogens with two attached hydrogens (primary N) is 1. The number of carbonyl (C=O) groups excluding carboxylic acids is 1. The molecule has 0 bridgehead atoms. The second-order valence-corrected chi connectivity index (χ2v) is 7.25. The number of imidazole rings is 1. The summed E-state index contributed by atoms with van der Waals surface area (Å²) in [4.78, 5) is 16.0. The standard InChI is InChI=1S/C21H18FN5O/c1-11-8-13(4-6-15(11)22)20-18(19(25-26-20)12-2-3-12)14-5-7-17-24-9-16(21(23)28)27(17)10-14/h4-10,12H,2-3H2,1H3,(H2,23,28)(H,25,26). The van der Waals surface area contributed by atoms with Crippen molar-refractivity contribution >= 4 is 11.6 Å². The average molecular weight is 375 g/mol. The Labute approximate surface area is 160 Å². The van der Waals surface area contributed by atoms with Gasteiger partial charge in [-0.15, -0.1) is 0 Å². The lowest BCUT2D eigenvalue weighted by atomic mass is 9.97. The minimum absolute atomic E-state index is 0.241. The molecule has 3 heterocycles. The van der Waals surface area contributed by atoms with Gasteiger partial charge < -0.3 is 5.73 Å². The molecule has 6 nitrogen and oxygen atoms in total. The number of nitrogens with zero attached hydrogens (tertiary/aromatic N) is 3. The Balaban J connectivity index is 1.73. The van der Waals surface area contributed by atoms with Crippen molar-refractivity contribution in [3.8, 4) is 22.4 Å². The number of H-pyrrole nitrogens is 1. The van der Waals surface area contributed by atoms with Crippen molar-refractivity contribution in [1.82, 2.24) is 19.6 Å². The molecule has 0 unspecified atom stereocenters. The molecule has 0 atom stereocenters. The maximum absolute atomic E-state index is 13.8. The highest BCUT2D eigenvalue weighted by Gasteiger charge is 2.31. The largest absolute Gasteiger partial charge is 0.364 e. The number of aryl methyl sites for hydroxylation is 1. The van der Waals surface area contributed by atoms with Crippen molar-refractivity contribution in [2.75, 3.05) is 0 Å². The van der Waals surface area contributed by atoms with E-state index in [0.29, 0.717) is 22.8 Å². The molecule has 0 aliphatic heterocycles. The van der Waals surface area contributed by atoms with Crippen LogP contribution in [-0.2, 0) is 0 Å². The Hall–Kier alpha value is -3.48. The number of aromatic nitrogens is 4. The highest BCUT2D eigenvalue weighted by Crippen LogP contribution is 2.46. The van der Waals surface area contributed by atoms with E-state index in [-0.39, 0.29) is 5.82 Å². The van der Waals surface area contributed by atoms with Crippen LogP contribution >= 0.6 is 0 Å². The van der Waals surface area contributed by atoms with Crippen molar-refractivity contribution in [1.29, 1.82) is 0 Å². The van der Waals surface area contributed by atoms with Crippen LogP contribution in [0.4, 0.5) is 4.39 Å². The second kappa shape index (κ2) is 6.02. The van der Waals surface area contributed by atoms with E-state index in [2.05, 4.69) is 15.2 Å². The number of benzene rings is 1. The topological polar surface area (TPSA) is 89.1 Å². The Morgan fingerprint density at radius 2 is 2.04 bits per heavy atom. The summed E-state index contributed by atoms with van der Waals surface area (Å²) in [6, 6.07) is 8.82. The Morgan fingerprint density at radius 1 is 1.25 bits per heavy atom. The number of hydrogen-bond acceptors (Lipinski definition) is 3. The first-order chi connectivity index (χ1) is 13.5. The lowest BCUT2D eigenvalue weighted by Crippen LogP contribution is -2.13. The molecule has 5 rings (SSSR count). The van der Waals surface area contributed by atoms with Crippen LogP contribution in [-0.4, -0.2) is 25.5 Å². The quantitative estimate of drug-likeness (QED) is 0.568. The minimum Gasteiger partial charge on any atom is -0.364 e. The predicted octanol–water partition coefficient (Wildman–Crippen LogP) is 3.82. The molecule has 1 fully saturated rings. The predicted molar refractivity (Wildman–Crippen MR) is 103 cm³/mol. The molecule has 0 saturated heterocycles. The smallest absolute Gasteiger partial charge is 0.267 e. The monoisotopic (exact) mass is 375 g/mol. The van der Waals surface area contributed by atoms with Gasteiger partial charge in [-0.3, -0.25) is 14.3 Å². The number of fused-ring (bicyclic) bond motifs is 1. The third-order valence-corrected chi connectivity index (χ3v) is 5.26. The first kappa shape index (κ1) is 16.7.